The Balaban J connectivity index is 3.25. The maximum absolute atomic E-state index is 13.8. The van der Waals surface area contributed by atoms with Crippen LogP contribution < -0.4 is 10.5 Å². The first-order valence-corrected chi connectivity index (χ1v) is 13.7. The molecule has 189 valence electrons. The van der Waals surface area contributed by atoms with Crippen LogP contribution in [0.25, 0.3) is 0 Å². The van der Waals surface area contributed by atoms with Crippen molar-refractivity contribution in [1.29, 1.82) is 0 Å². The van der Waals surface area contributed by atoms with E-state index in [-0.39, 0.29) is 22.6 Å². The van der Waals surface area contributed by atoms with Crippen molar-refractivity contribution in [1.82, 2.24) is 14.8 Å². The Morgan fingerprint density at radius 1 is 1.03 bits per heavy atom. The fraction of sp³-hybridized carbons (Fsp3) is 0.880. The summed E-state index contributed by atoms with van der Waals surface area (Å²) in [7, 11) is 1.53. The molecule has 3 unspecified atom stereocenters. The topological polar surface area (TPSA) is 78.5 Å². The largest absolute Gasteiger partial charge is 0.342 e. The molecule has 0 aromatic rings. The van der Waals surface area contributed by atoms with E-state index in [1.54, 1.807) is 18.9 Å². The SMILES string of the molecule is CCC(CC)C(=O)C1CNCN(C(CC)(CC)C(C)(CC)C(=O)[B]NC(C)(CC)C(C)=O)S1. The Labute approximate surface area is 207 Å². The summed E-state index contributed by atoms with van der Waals surface area (Å²) in [6, 6.07) is 0. The van der Waals surface area contributed by atoms with Crippen LogP contribution in [-0.4, -0.2) is 58.5 Å². The van der Waals surface area contributed by atoms with Gasteiger partial charge in [-0.1, -0.05) is 60.4 Å². The molecule has 1 aliphatic rings. The first kappa shape index (κ1) is 30.3. The minimum atomic E-state index is -0.750. The third-order valence-electron chi connectivity index (χ3n) is 8.48. The molecule has 0 aromatic heterocycles. The molecule has 2 N–H and O–H groups in total. The van der Waals surface area contributed by atoms with Crippen molar-refractivity contribution < 1.29 is 14.4 Å². The van der Waals surface area contributed by atoms with E-state index in [9.17, 15) is 14.4 Å². The quantitative estimate of drug-likeness (QED) is 0.267. The van der Waals surface area contributed by atoms with E-state index >= 15 is 0 Å². The third kappa shape index (κ3) is 6.12. The second-order valence-corrected chi connectivity index (χ2v) is 11.0. The zero-order valence-corrected chi connectivity index (χ0v) is 23.3. The minimum absolute atomic E-state index is 0.00340. The molecule has 1 radical (unpaired) electrons. The number of carbonyl (C=O) groups is 3. The van der Waals surface area contributed by atoms with Crippen molar-refractivity contribution in [3.63, 3.8) is 0 Å². The Bertz CT molecular complexity index is 684. The number of rotatable bonds is 15. The van der Waals surface area contributed by atoms with Gasteiger partial charge in [-0.15, -0.1) is 0 Å². The Morgan fingerprint density at radius 2 is 1.61 bits per heavy atom. The molecule has 0 saturated carbocycles. The van der Waals surface area contributed by atoms with Gasteiger partial charge in [0.1, 0.15) is 11.5 Å². The van der Waals surface area contributed by atoms with Crippen molar-refractivity contribution in [3.8, 4) is 0 Å². The number of hydrogen-bond acceptors (Lipinski definition) is 7. The lowest BCUT2D eigenvalue weighted by molar-refractivity contribution is -0.129. The van der Waals surface area contributed by atoms with Gasteiger partial charge in [0.15, 0.2) is 5.78 Å². The van der Waals surface area contributed by atoms with E-state index in [0.717, 1.165) is 25.7 Å². The first-order valence-electron chi connectivity index (χ1n) is 12.8. The number of nitrogens with zero attached hydrogens (tertiary/aromatic N) is 1. The van der Waals surface area contributed by atoms with E-state index in [1.807, 2.05) is 20.8 Å². The standard InChI is InChI=1S/C25H47BN3O3S/c1-10-19(11-2)21(31)20-16-27-17-29(33-20)25(14-5,15-6)23(8,12-3)22(32)26-28-24(9,13-4)18(7)30/h19-20,27-28H,10-17H2,1-9H3. The maximum atomic E-state index is 13.8. The van der Waals surface area contributed by atoms with Crippen LogP contribution in [0.5, 0.6) is 0 Å². The molecule has 8 heteroatoms. The van der Waals surface area contributed by atoms with Crippen LogP contribution in [0.15, 0.2) is 0 Å². The van der Waals surface area contributed by atoms with Gasteiger partial charge >= 0.3 is 0 Å². The summed E-state index contributed by atoms with van der Waals surface area (Å²) < 4.78 is 2.28. The van der Waals surface area contributed by atoms with Gasteiger partial charge in [-0.3, -0.25) is 9.59 Å². The van der Waals surface area contributed by atoms with Gasteiger partial charge in [-0.05, 0) is 52.4 Å². The lowest BCUT2D eigenvalue weighted by Crippen LogP contribution is -2.65. The summed E-state index contributed by atoms with van der Waals surface area (Å²) >= 11 is 1.63. The average Bonchev–Trinajstić information content (AvgIpc) is 2.83. The molecule has 1 rings (SSSR count). The highest BCUT2D eigenvalue weighted by atomic mass is 32.2. The molecule has 1 fully saturated rings. The monoisotopic (exact) mass is 480 g/mol. The molecule has 1 heterocycles. The molecule has 0 spiro atoms. The first-order chi connectivity index (χ1) is 15.5. The molecule has 33 heavy (non-hydrogen) atoms. The van der Waals surface area contributed by atoms with Gasteiger partial charge in [-0.2, -0.15) is 0 Å². The van der Waals surface area contributed by atoms with Crippen molar-refractivity contribution in [3.05, 3.63) is 0 Å². The zero-order chi connectivity index (χ0) is 25.4. The lowest BCUT2D eigenvalue weighted by atomic mass is 9.56. The average molecular weight is 481 g/mol. The molecule has 6 nitrogen and oxygen atoms in total. The van der Waals surface area contributed by atoms with Gasteiger partial charge in [0.05, 0.1) is 17.5 Å². The fourth-order valence-corrected chi connectivity index (χ4v) is 6.73. The number of ketones is 2. The van der Waals surface area contributed by atoms with Crippen LogP contribution in [0.4, 0.5) is 0 Å². The molecule has 1 aliphatic heterocycles. The minimum Gasteiger partial charge on any atom is -0.342 e. The summed E-state index contributed by atoms with van der Waals surface area (Å²) in [4.78, 5) is 39.1. The smallest absolute Gasteiger partial charge is 0.296 e. The Kier molecular flexibility index (Phi) is 11.8. The highest BCUT2D eigenvalue weighted by molar-refractivity contribution is 7.98. The van der Waals surface area contributed by atoms with E-state index in [1.165, 1.54) is 7.41 Å². The van der Waals surface area contributed by atoms with Crippen LogP contribution >= 0.6 is 11.9 Å². The van der Waals surface area contributed by atoms with E-state index < -0.39 is 16.5 Å². The maximum Gasteiger partial charge on any atom is 0.296 e. The second kappa shape index (κ2) is 12.8. The van der Waals surface area contributed by atoms with Crippen molar-refractivity contribution in [2.75, 3.05) is 13.2 Å². The summed E-state index contributed by atoms with van der Waals surface area (Å²) in [5.74, 6) is 0.404. The van der Waals surface area contributed by atoms with E-state index in [0.29, 0.717) is 31.8 Å². The molecule has 0 aromatic carbocycles. The highest BCUT2D eigenvalue weighted by Crippen LogP contribution is 2.48. The molecule has 3 atom stereocenters. The number of hydrogen-bond donors (Lipinski definition) is 2. The molecular formula is C25H47BN3O3S. The van der Waals surface area contributed by atoms with Crippen molar-refractivity contribution >= 4 is 36.6 Å². The zero-order valence-electron chi connectivity index (χ0n) is 22.5. The van der Waals surface area contributed by atoms with E-state index in [4.69, 9.17) is 0 Å². The van der Waals surface area contributed by atoms with Crippen LogP contribution in [-0.2, 0) is 14.4 Å². The fourth-order valence-electron chi connectivity index (χ4n) is 5.11. The Hall–Kier alpha value is -0.695. The summed E-state index contributed by atoms with van der Waals surface area (Å²) in [5, 5.41) is 6.47. The molecular weight excluding hydrogens is 433 g/mol. The van der Waals surface area contributed by atoms with Gasteiger partial charge in [-0.25, -0.2) is 4.31 Å². The summed E-state index contributed by atoms with van der Waals surface area (Å²) in [5.41, 5.74) is -1.85. The Morgan fingerprint density at radius 3 is 2.03 bits per heavy atom. The molecule has 0 bridgehead atoms. The second-order valence-electron chi connectivity index (χ2n) is 9.82. The van der Waals surface area contributed by atoms with Crippen molar-refractivity contribution in [2.24, 2.45) is 11.3 Å². The molecule has 0 aliphatic carbocycles. The molecule has 0 amide bonds. The summed E-state index contributed by atoms with van der Waals surface area (Å²) in [6.45, 7) is 19.2. The van der Waals surface area contributed by atoms with Crippen LogP contribution in [0.2, 0.25) is 0 Å². The number of nitrogens with one attached hydrogen (secondary N) is 2. The number of Topliss-reactive ketones (excluding diaryl/α,β-unsaturated/α-hetero) is 2. The highest BCUT2D eigenvalue weighted by Gasteiger charge is 2.54. The van der Waals surface area contributed by atoms with Gasteiger partial charge in [0.25, 0.3) is 7.41 Å². The molecule has 1 saturated heterocycles. The van der Waals surface area contributed by atoms with Gasteiger partial charge in [0, 0.05) is 23.4 Å². The van der Waals surface area contributed by atoms with E-state index in [2.05, 4.69) is 49.5 Å². The van der Waals surface area contributed by atoms with Crippen molar-refractivity contribution in [2.45, 2.75) is 117 Å². The third-order valence-corrected chi connectivity index (χ3v) is 9.86. The lowest BCUT2D eigenvalue weighted by Gasteiger charge is -2.55. The predicted molar refractivity (Wildman–Crippen MR) is 140 cm³/mol. The van der Waals surface area contributed by atoms with Gasteiger partial charge < -0.3 is 15.3 Å². The number of carbonyl (C=O) groups excluding carboxylic acids is 3. The summed E-state index contributed by atoms with van der Waals surface area (Å²) in [6.07, 6.45) is 4.55. The van der Waals surface area contributed by atoms with Crippen LogP contribution in [0.1, 0.15) is 101 Å². The normalized spacial score (nSPS) is 21.3. The van der Waals surface area contributed by atoms with Crippen LogP contribution in [0.3, 0.4) is 0 Å². The predicted octanol–water partition coefficient (Wildman–Crippen LogP) is 4.34. The van der Waals surface area contributed by atoms with Crippen LogP contribution in [0, 0.1) is 11.3 Å². The van der Waals surface area contributed by atoms with Gasteiger partial charge in [0.2, 0.25) is 0 Å².